The van der Waals surface area contributed by atoms with E-state index in [0.717, 1.165) is 0 Å². The maximum Gasteiger partial charge on any atom is 0.295 e. The number of hydrogen-bond acceptors (Lipinski definition) is 0. The first-order valence-corrected chi connectivity index (χ1v) is 52.1. The monoisotopic (exact) mass is 1890 g/mol. The second kappa shape index (κ2) is 38.6. The van der Waals surface area contributed by atoms with Gasteiger partial charge in [0.15, 0.2) is 17.1 Å². The van der Waals surface area contributed by atoms with Gasteiger partial charge in [0.25, 0.3) is 28.6 Å². The zero-order chi connectivity index (χ0) is 99.1. The van der Waals surface area contributed by atoms with Crippen LogP contribution in [-0.2, 0) is 35.2 Å². The molecule has 25 aromatic rings. The van der Waals surface area contributed by atoms with Gasteiger partial charge in [0, 0.05) is 82.7 Å². The summed E-state index contributed by atoms with van der Waals surface area (Å²) in [5.74, 6) is 3.73. The number of fused-ring (bicyclic) bond motifs is 24. The fourth-order valence-electron chi connectivity index (χ4n) is 24.9. The topological polar surface area (TPSA) is 42.5 Å². The van der Waals surface area contributed by atoms with Gasteiger partial charge >= 0.3 is 0 Å². The summed E-state index contributed by atoms with van der Waals surface area (Å²) in [5, 5.41) is 17.2. The van der Waals surface area contributed by atoms with Crippen molar-refractivity contribution < 1.29 is 22.8 Å². The van der Waals surface area contributed by atoms with Gasteiger partial charge in [-0.1, -0.05) is 311 Å². The summed E-state index contributed by atoms with van der Waals surface area (Å²) in [5.41, 5.74) is 40.5. The number of imidazole rings is 3. The molecule has 0 bridgehead atoms. The van der Waals surface area contributed by atoms with Crippen LogP contribution in [0.3, 0.4) is 0 Å². The zero-order valence-corrected chi connectivity index (χ0v) is 86.1. The normalized spacial score (nSPS) is 13.1. The van der Waals surface area contributed by atoms with E-state index in [1.54, 1.807) is 16.7 Å². The Bertz CT molecular complexity index is 9270. The first kappa shape index (κ1) is 92.5. The van der Waals surface area contributed by atoms with E-state index in [9.17, 15) is 0 Å². The third-order valence-electron chi connectivity index (χ3n) is 31.6. The van der Waals surface area contributed by atoms with Crippen molar-refractivity contribution in [1.29, 1.82) is 0 Å². The SMILES string of the molecule is Cc1cc[n+](C)c(-n2c3ccccc3c3cccc(C)c32)c1.Cc1ccc2c(c1)c1cccc(C)c1c1n2c(-c2c(C)cccc2C)c[n+]1C.Cc1cccc2c3ccccc3n(-c3cccc[n+]3C)c12.Cc1cccc2c3ccccc3n3c(-c4c(-c5ccccc5)cccc4-c4ccccc4)c[n+](C)c3c12.Cc1cccc2c3ccccc3n3c(-c4c(C5CCCCC5)cccc4C4CCCCC4)c[n+](C)c3c12. The Morgan fingerprint density at radius 2 is 0.566 bits per heavy atom. The van der Waals surface area contributed by atoms with Crippen molar-refractivity contribution in [3.63, 3.8) is 0 Å². The smallest absolute Gasteiger partial charge is 0.237 e. The van der Waals surface area contributed by atoms with E-state index in [4.69, 9.17) is 0 Å². The van der Waals surface area contributed by atoms with Crippen LogP contribution in [0.4, 0.5) is 0 Å². The minimum atomic E-state index is 0.677. The van der Waals surface area contributed by atoms with Crippen molar-refractivity contribution in [2.45, 2.75) is 138 Å². The van der Waals surface area contributed by atoms with Gasteiger partial charge in [0.1, 0.15) is 57.2 Å². The third-order valence-corrected chi connectivity index (χ3v) is 31.6. The van der Waals surface area contributed by atoms with Crippen LogP contribution in [0.2, 0.25) is 0 Å². The lowest BCUT2D eigenvalue weighted by molar-refractivity contribution is -0.665. The molecule has 0 radical (unpaired) electrons. The van der Waals surface area contributed by atoms with Gasteiger partial charge < -0.3 is 0 Å². The first-order chi connectivity index (χ1) is 70.8. The second-order valence-corrected chi connectivity index (χ2v) is 41.1. The molecular weight excluding hydrogens is 1760 g/mol. The van der Waals surface area contributed by atoms with Gasteiger partial charge in [-0.25, -0.2) is 22.8 Å². The van der Waals surface area contributed by atoms with E-state index in [1.165, 1.54) is 302 Å². The van der Waals surface area contributed by atoms with E-state index < -0.39 is 0 Å². The summed E-state index contributed by atoms with van der Waals surface area (Å²) in [7, 11) is 10.8. The number of pyridine rings is 5. The van der Waals surface area contributed by atoms with Crippen molar-refractivity contribution in [3.05, 3.63) is 444 Å². The van der Waals surface area contributed by atoms with E-state index >= 15 is 0 Å². The molecule has 2 saturated carbocycles. The van der Waals surface area contributed by atoms with Crippen LogP contribution in [0, 0.1) is 62.3 Å². The Kier molecular flexibility index (Phi) is 24.6. The summed E-state index contributed by atoms with van der Waals surface area (Å²) >= 11 is 0. The van der Waals surface area contributed by atoms with Crippen LogP contribution in [0.5, 0.6) is 0 Å². The molecule has 712 valence electrons. The molecule has 10 heterocycles. The molecule has 0 unspecified atom stereocenters. The summed E-state index contributed by atoms with van der Waals surface area (Å²) in [6.07, 6.45) is 24.9. The Morgan fingerprint density at radius 3 is 1.03 bits per heavy atom. The van der Waals surface area contributed by atoms with Crippen molar-refractivity contribution in [2.24, 2.45) is 35.2 Å². The van der Waals surface area contributed by atoms with Crippen molar-refractivity contribution in [1.82, 2.24) is 22.3 Å². The van der Waals surface area contributed by atoms with Gasteiger partial charge in [-0.2, -0.15) is 22.3 Å². The predicted molar refractivity (Wildman–Crippen MR) is 606 cm³/mol. The lowest BCUT2D eigenvalue weighted by Gasteiger charge is -2.29. The maximum absolute atomic E-state index is 2.61. The van der Waals surface area contributed by atoms with E-state index in [0.29, 0.717) is 11.8 Å². The Hall–Kier alpha value is -16.2. The maximum atomic E-state index is 2.61. The molecule has 10 heteroatoms. The average Bonchev–Trinajstić information content (AvgIpc) is 1.56. The average molecular weight is 1890 g/mol. The van der Waals surface area contributed by atoms with Crippen LogP contribution in [-0.4, -0.2) is 22.3 Å². The molecule has 10 nitrogen and oxygen atoms in total. The molecule has 2 aliphatic carbocycles. The Balaban J connectivity index is 0.000000102. The summed E-state index contributed by atoms with van der Waals surface area (Å²) in [6.45, 7) is 19.8. The third kappa shape index (κ3) is 16.3. The molecule has 2 aliphatic rings. The summed E-state index contributed by atoms with van der Waals surface area (Å²) < 4.78 is 23.6. The Labute approximate surface area is 850 Å². The van der Waals surface area contributed by atoms with Gasteiger partial charge in [-0.3, -0.25) is 0 Å². The fraction of sp³-hybridized carbons (Fsp3) is 0.193. The van der Waals surface area contributed by atoms with Gasteiger partial charge in [-0.05, 0) is 251 Å². The van der Waals surface area contributed by atoms with Gasteiger partial charge in [0.05, 0.1) is 63.8 Å². The highest BCUT2D eigenvalue weighted by Crippen LogP contribution is 2.49. The molecule has 0 N–H and O–H groups in total. The van der Waals surface area contributed by atoms with E-state index in [2.05, 4.69) is 526 Å². The number of aromatic nitrogens is 10. The van der Waals surface area contributed by atoms with Crippen LogP contribution in [0.25, 0.3) is 193 Å². The second-order valence-electron chi connectivity index (χ2n) is 41.1. The lowest BCUT2D eigenvalue weighted by Crippen LogP contribution is -2.33. The number of benzene rings is 15. The van der Waals surface area contributed by atoms with Crippen molar-refractivity contribution in [3.8, 4) is 67.7 Å². The fourth-order valence-corrected chi connectivity index (χ4v) is 24.9. The number of rotatable bonds is 9. The molecule has 0 atom stereocenters. The van der Waals surface area contributed by atoms with Crippen LogP contribution in [0.1, 0.15) is 137 Å². The predicted octanol–water partition coefficient (Wildman–Crippen LogP) is 31.6. The largest absolute Gasteiger partial charge is 0.295 e. The zero-order valence-electron chi connectivity index (χ0n) is 86.1. The number of nitrogens with zero attached hydrogens (tertiary/aromatic N) is 10. The lowest BCUT2D eigenvalue weighted by atomic mass is 9.76. The first-order valence-electron chi connectivity index (χ1n) is 52.1. The molecule has 2 fully saturated rings. The van der Waals surface area contributed by atoms with Gasteiger partial charge in [-0.15, -0.1) is 0 Å². The number of hydrogen-bond donors (Lipinski definition) is 0. The standard InChI is InChI=1S/C35H39N2.C35H27N2.C26H25N2.C20H19N2.C19H17N2/c2*1-24-13-11-21-30-29-18-9-10-22-31(29)37-32(23-36(2)35(37)33(24)30)34-27(25-14-5-3-6-15-25)19-12-20-28(34)26-16-7-4-8-17-26;1-16-12-13-22-21(14-16)20-11-7-10-19(4)25(20)26-27(5)15-23(28(22)26)24-17(2)8-6-9-18(24)3;1-14-11-12-21(3)19(13-14)22-18-10-5-4-8-16(18)17-9-6-7-15(2)20(17)22;1-14-8-7-10-16-15-9-3-4-11-17(15)21(19(14)16)18-12-5-6-13-20(18)2/h9-13,18-23,25-26H,3-8,14-17H2,1-2H3;3-23H,1-2H3;6-15H,1-5H3;4-13H,1-3H3;3-13H,1-2H3/q5*+1. The van der Waals surface area contributed by atoms with Crippen LogP contribution >= 0.6 is 0 Å². The molecule has 145 heavy (non-hydrogen) atoms. The molecule has 0 saturated heterocycles. The summed E-state index contributed by atoms with van der Waals surface area (Å²) in [4.78, 5) is 0. The molecule has 27 rings (SSSR count). The van der Waals surface area contributed by atoms with E-state index in [-0.39, 0.29) is 0 Å². The van der Waals surface area contributed by atoms with Crippen LogP contribution < -0.4 is 22.8 Å². The van der Waals surface area contributed by atoms with Crippen molar-refractivity contribution in [2.75, 3.05) is 0 Å². The highest BCUT2D eigenvalue weighted by molar-refractivity contribution is 6.17. The van der Waals surface area contributed by atoms with Gasteiger partial charge in [0.2, 0.25) is 0 Å². The molecule has 15 aromatic carbocycles. The highest BCUT2D eigenvalue weighted by Gasteiger charge is 2.36. The molecule has 0 aliphatic heterocycles. The highest BCUT2D eigenvalue weighted by atomic mass is 15.2. The Morgan fingerprint density at radius 1 is 0.228 bits per heavy atom. The molecule has 0 amide bonds. The van der Waals surface area contributed by atoms with E-state index in [1.807, 2.05) is 0 Å². The number of para-hydroxylation sites is 6. The van der Waals surface area contributed by atoms with Crippen molar-refractivity contribution >= 4 is 126 Å². The minimum Gasteiger partial charge on any atom is -0.237 e. The number of aryl methyl sites for hydroxylation is 14. The summed E-state index contributed by atoms with van der Waals surface area (Å²) in [6, 6.07) is 128. The van der Waals surface area contributed by atoms with Crippen LogP contribution in [0.15, 0.2) is 383 Å². The molecule has 0 spiro atoms. The minimum absolute atomic E-state index is 0.677. The quantitative estimate of drug-likeness (QED) is 0.102. The molecular formula is C135H127N10+5. The molecule has 10 aromatic heterocycles.